The molecule has 0 aliphatic rings. The van der Waals surface area contributed by atoms with Crippen molar-refractivity contribution in [1.82, 2.24) is 9.55 Å². The van der Waals surface area contributed by atoms with Crippen molar-refractivity contribution in [3.8, 4) is 11.4 Å². The van der Waals surface area contributed by atoms with Crippen LogP contribution in [-0.2, 0) is 11.2 Å². The van der Waals surface area contributed by atoms with Gasteiger partial charge in [0.1, 0.15) is 5.82 Å². The molecule has 2 heterocycles. The van der Waals surface area contributed by atoms with Crippen molar-refractivity contribution in [2.75, 3.05) is 0 Å². The molecule has 0 bridgehead atoms. The monoisotopic (exact) mass is 354 g/mol. The van der Waals surface area contributed by atoms with Crippen LogP contribution in [-0.4, -0.2) is 15.5 Å². The van der Waals surface area contributed by atoms with Gasteiger partial charge >= 0.3 is 5.97 Å². The van der Waals surface area contributed by atoms with Crippen molar-refractivity contribution in [3.05, 3.63) is 64.3 Å². The van der Waals surface area contributed by atoms with Gasteiger partial charge in [0.2, 0.25) is 0 Å². The maximum Gasteiger partial charge on any atom is 0.308 e. The maximum atomic E-state index is 13.3. The lowest BCUT2D eigenvalue weighted by Crippen LogP contribution is -2.25. The van der Waals surface area contributed by atoms with E-state index in [1.54, 1.807) is 18.3 Å². The summed E-state index contributed by atoms with van der Waals surface area (Å²) in [4.78, 5) is 29.1. The summed E-state index contributed by atoms with van der Waals surface area (Å²) in [5.74, 6) is -0.619. The quantitative estimate of drug-likeness (QED) is 0.654. The van der Waals surface area contributed by atoms with Gasteiger partial charge in [-0.1, -0.05) is 13.3 Å². The number of carbonyl (C=O) groups is 1. The Bertz CT molecular complexity index is 1010. The molecule has 134 valence electrons. The highest BCUT2D eigenvalue weighted by atomic mass is 19.1. The van der Waals surface area contributed by atoms with E-state index >= 15 is 0 Å². The third-order valence-electron chi connectivity index (χ3n) is 4.09. The molecule has 0 saturated carbocycles. The molecule has 0 fully saturated rings. The number of aromatic nitrogens is 2. The van der Waals surface area contributed by atoms with Gasteiger partial charge in [0.25, 0.3) is 5.56 Å². The number of pyridine rings is 2. The molecule has 6 heteroatoms. The summed E-state index contributed by atoms with van der Waals surface area (Å²) in [6.45, 7) is 3.32. The lowest BCUT2D eigenvalue weighted by atomic mass is 10.1. The lowest BCUT2D eigenvalue weighted by Gasteiger charge is -2.16. The smallest absolute Gasteiger partial charge is 0.308 e. The number of hydrogen-bond donors (Lipinski definition) is 0. The highest BCUT2D eigenvalue weighted by molar-refractivity contribution is 5.87. The van der Waals surface area contributed by atoms with Gasteiger partial charge in [-0.3, -0.25) is 14.2 Å². The van der Waals surface area contributed by atoms with E-state index in [4.69, 9.17) is 4.74 Å². The lowest BCUT2D eigenvalue weighted by molar-refractivity contribution is -0.131. The Morgan fingerprint density at radius 3 is 2.62 bits per heavy atom. The zero-order valence-electron chi connectivity index (χ0n) is 14.7. The second-order valence-electron chi connectivity index (χ2n) is 6.00. The minimum absolute atomic E-state index is 0.261. The molecule has 0 spiro atoms. The maximum absolute atomic E-state index is 13.3. The van der Waals surface area contributed by atoms with E-state index in [-0.39, 0.29) is 17.1 Å². The van der Waals surface area contributed by atoms with Crippen molar-refractivity contribution >= 4 is 17.0 Å². The molecule has 26 heavy (non-hydrogen) atoms. The number of esters is 1. The average molecular weight is 354 g/mol. The van der Waals surface area contributed by atoms with E-state index in [9.17, 15) is 14.0 Å². The van der Waals surface area contributed by atoms with E-state index in [0.29, 0.717) is 28.7 Å². The number of halogens is 1. The molecule has 0 aliphatic heterocycles. The van der Waals surface area contributed by atoms with Crippen LogP contribution in [0.25, 0.3) is 16.7 Å². The third kappa shape index (κ3) is 3.35. The minimum Gasteiger partial charge on any atom is -0.425 e. The number of benzene rings is 1. The standard InChI is InChI=1S/C20H19FN2O3/c1-3-4-6-17-18(26-13(2)24)16-7-5-12-22-19(16)23(20(17)25)15-10-8-14(21)9-11-15/h5,7-12H,3-4,6H2,1-2H3. The normalized spacial score (nSPS) is 10.9. The third-order valence-corrected chi connectivity index (χ3v) is 4.09. The highest BCUT2D eigenvalue weighted by Crippen LogP contribution is 2.29. The van der Waals surface area contributed by atoms with Gasteiger partial charge in [-0.2, -0.15) is 0 Å². The van der Waals surface area contributed by atoms with Crippen LogP contribution in [0, 0.1) is 5.82 Å². The average Bonchev–Trinajstić information content (AvgIpc) is 2.62. The molecule has 0 N–H and O–H groups in total. The Kier molecular flexibility index (Phi) is 5.11. The summed E-state index contributed by atoms with van der Waals surface area (Å²) in [6, 6.07) is 9.12. The first-order valence-corrected chi connectivity index (χ1v) is 8.50. The van der Waals surface area contributed by atoms with Crippen molar-refractivity contribution in [3.63, 3.8) is 0 Å². The molecule has 2 aromatic heterocycles. The molecule has 3 rings (SSSR count). The predicted octanol–water partition coefficient (Wildman–Crippen LogP) is 3.79. The largest absolute Gasteiger partial charge is 0.425 e. The summed E-state index contributed by atoms with van der Waals surface area (Å²) in [5.41, 5.74) is 0.979. The van der Waals surface area contributed by atoms with Gasteiger partial charge in [0.15, 0.2) is 11.4 Å². The first-order valence-electron chi connectivity index (χ1n) is 8.50. The van der Waals surface area contributed by atoms with Gasteiger partial charge in [0.05, 0.1) is 16.6 Å². The Morgan fingerprint density at radius 2 is 1.96 bits per heavy atom. The summed E-state index contributed by atoms with van der Waals surface area (Å²) in [6.07, 6.45) is 3.70. The van der Waals surface area contributed by atoms with Gasteiger partial charge in [-0.15, -0.1) is 0 Å². The summed E-state index contributed by atoms with van der Waals surface area (Å²) in [7, 11) is 0. The fraction of sp³-hybridized carbons (Fsp3) is 0.250. The van der Waals surface area contributed by atoms with Gasteiger partial charge in [0, 0.05) is 13.1 Å². The van der Waals surface area contributed by atoms with E-state index < -0.39 is 5.97 Å². The van der Waals surface area contributed by atoms with Crippen LogP contribution in [0.5, 0.6) is 5.75 Å². The number of ether oxygens (including phenoxy) is 1. The van der Waals surface area contributed by atoms with Gasteiger partial charge in [-0.05, 0) is 49.2 Å². The van der Waals surface area contributed by atoms with Crippen LogP contribution >= 0.6 is 0 Å². The molecule has 0 amide bonds. The summed E-state index contributed by atoms with van der Waals surface area (Å²) < 4.78 is 20.1. The molecule has 3 aromatic rings. The summed E-state index contributed by atoms with van der Waals surface area (Å²) in [5, 5.41) is 0.567. The van der Waals surface area contributed by atoms with E-state index in [1.165, 1.54) is 35.8 Å². The zero-order valence-corrected chi connectivity index (χ0v) is 14.7. The van der Waals surface area contributed by atoms with E-state index in [0.717, 1.165) is 12.8 Å². The zero-order chi connectivity index (χ0) is 18.7. The molecular weight excluding hydrogens is 335 g/mol. The van der Waals surface area contributed by atoms with Crippen LogP contribution in [0.2, 0.25) is 0 Å². The highest BCUT2D eigenvalue weighted by Gasteiger charge is 2.20. The Hall–Kier alpha value is -3.02. The van der Waals surface area contributed by atoms with Crippen molar-refractivity contribution < 1.29 is 13.9 Å². The minimum atomic E-state index is -0.494. The molecule has 0 radical (unpaired) electrons. The SMILES string of the molecule is CCCCc1c(OC(C)=O)c2cccnc2n(-c2ccc(F)cc2)c1=O. The number of nitrogens with zero attached hydrogens (tertiary/aromatic N) is 2. The van der Waals surface area contributed by atoms with Gasteiger partial charge in [-0.25, -0.2) is 9.37 Å². The number of carbonyl (C=O) groups excluding carboxylic acids is 1. The predicted molar refractivity (Wildman–Crippen MR) is 97.2 cm³/mol. The first-order chi connectivity index (χ1) is 12.5. The molecule has 0 atom stereocenters. The van der Waals surface area contributed by atoms with Crippen molar-refractivity contribution in [2.24, 2.45) is 0 Å². The summed E-state index contributed by atoms with van der Waals surface area (Å²) >= 11 is 0. The van der Waals surface area contributed by atoms with Crippen molar-refractivity contribution in [1.29, 1.82) is 0 Å². The topological polar surface area (TPSA) is 61.2 Å². The van der Waals surface area contributed by atoms with Crippen LogP contribution in [0.3, 0.4) is 0 Å². The van der Waals surface area contributed by atoms with E-state index in [2.05, 4.69) is 4.98 Å². The Labute approximate surface area is 150 Å². The fourth-order valence-electron chi connectivity index (χ4n) is 2.91. The fourth-order valence-corrected chi connectivity index (χ4v) is 2.91. The molecule has 0 unspecified atom stereocenters. The number of unbranched alkanes of at least 4 members (excludes halogenated alkanes) is 1. The van der Waals surface area contributed by atoms with E-state index in [1.807, 2.05) is 6.92 Å². The van der Waals surface area contributed by atoms with Crippen LogP contribution in [0.1, 0.15) is 32.3 Å². The molecule has 5 nitrogen and oxygen atoms in total. The second kappa shape index (κ2) is 7.47. The van der Waals surface area contributed by atoms with Crippen LogP contribution in [0.15, 0.2) is 47.4 Å². The Balaban J connectivity index is 2.37. The number of rotatable bonds is 5. The molecule has 0 aliphatic carbocycles. The molecular formula is C20H19FN2O3. The van der Waals surface area contributed by atoms with Crippen LogP contribution in [0.4, 0.5) is 4.39 Å². The molecule has 1 aromatic carbocycles. The molecule has 0 saturated heterocycles. The van der Waals surface area contributed by atoms with Crippen LogP contribution < -0.4 is 10.3 Å². The van der Waals surface area contributed by atoms with Crippen molar-refractivity contribution in [2.45, 2.75) is 33.1 Å². The first kappa shape index (κ1) is 17.8. The Morgan fingerprint density at radius 1 is 1.23 bits per heavy atom. The van der Waals surface area contributed by atoms with Gasteiger partial charge < -0.3 is 4.74 Å². The number of fused-ring (bicyclic) bond motifs is 1. The second-order valence-corrected chi connectivity index (χ2v) is 6.00. The number of hydrogen-bond acceptors (Lipinski definition) is 4.